The van der Waals surface area contributed by atoms with Gasteiger partial charge in [-0.1, -0.05) is 30.3 Å². The van der Waals surface area contributed by atoms with E-state index in [2.05, 4.69) is 31.8 Å². The van der Waals surface area contributed by atoms with Crippen molar-refractivity contribution in [2.24, 2.45) is 0 Å². The van der Waals surface area contributed by atoms with Crippen molar-refractivity contribution in [1.82, 2.24) is 24.9 Å². The Kier molecular flexibility index (Phi) is 5.12. The Morgan fingerprint density at radius 2 is 1.90 bits per heavy atom. The van der Waals surface area contributed by atoms with Crippen LogP contribution in [-0.2, 0) is 0 Å². The number of rotatable bonds is 6. The van der Waals surface area contributed by atoms with Gasteiger partial charge in [0.15, 0.2) is 5.65 Å². The van der Waals surface area contributed by atoms with Crippen LogP contribution in [0.15, 0.2) is 67.1 Å². The van der Waals surface area contributed by atoms with E-state index in [1.165, 1.54) is 6.20 Å². The molecule has 0 aliphatic heterocycles. The zero-order valence-corrected chi connectivity index (χ0v) is 15.4. The largest absolute Gasteiger partial charge is 0.367 e. The molecule has 0 aliphatic rings. The number of aromatic nitrogens is 4. The molecule has 0 saturated carbocycles. The zero-order valence-electron chi connectivity index (χ0n) is 15.4. The first-order valence-corrected chi connectivity index (χ1v) is 9.03. The smallest absolute Gasteiger partial charge is 0.256 e. The third-order valence-corrected chi connectivity index (χ3v) is 4.35. The second kappa shape index (κ2) is 8.19. The van der Waals surface area contributed by atoms with Crippen molar-refractivity contribution in [3.63, 3.8) is 0 Å². The molecule has 0 bridgehead atoms. The summed E-state index contributed by atoms with van der Waals surface area (Å²) in [7, 11) is 0. The van der Waals surface area contributed by atoms with E-state index in [9.17, 15) is 4.79 Å². The molecule has 4 aromatic rings. The van der Waals surface area contributed by atoms with Crippen LogP contribution in [0, 0.1) is 11.3 Å². The summed E-state index contributed by atoms with van der Waals surface area (Å²) < 4.78 is 1.66. The van der Waals surface area contributed by atoms with Crippen LogP contribution in [-0.4, -0.2) is 38.6 Å². The normalized spacial score (nSPS) is 10.4. The SMILES string of the molecule is N#Cc1cccnc1NCCNC(=O)c1cnn2c(-c3ccccc3)ccnc12. The van der Waals surface area contributed by atoms with E-state index in [0.717, 1.165) is 11.3 Å². The first kappa shape index (κ1) is 18.1. The van der Waals surface area contributed by atoms with E-state index in [4.69, 9.17) is 5.26 Å². The van der Waals surface area contributed by atoms with Gasteiger partial charge in [-0.15, -0.1) is 0 Å². The first-order valence-electron chi connectivity index (χ1n) is 9.03. The Bertz CT molecular complexity index is 1190. The molecule has 29 heavy (non-hydrogen) atoms. The molecule has 142 valence electrons. The van der Waals surface area contributed by atoms with E-state index < -0.39 is 0 Å². The standard InChI is InChI=1S/C21H17N7O/c22-13-16-7-4-9-23-19(16)24-11-12-26-21(29)17-14-27-28-18(8-10-25-20(17)28)15-5-2-1-3-6-15/h1-10,14H,11-12H2,(H,23,24)(H,26,29). The number of nitrogens with one attached hydrogen (secondary N) is 2. The lowest BCUT2D eigenvalue weighted by Gasteiger charge is -2.08. The average molecular weight is 383 g/mol. The quantitative estimate of drug-likeness (QED) is 0.495. The lowest BCUT2D eigenvalue weighted by atomic mass is 10.1. The molecule has 0 radical (unpaired) electrons. The van der Waals surface area contributed by atoms with E-state index in [1.54, 1.807) is 29.0 Å². The van der Waals surface area contributed by atoms with Crippen LogP contribution in [0.5, 0.6) is 0 Å². The molecule has 1 amide bonds. The number of nitrogens with zero attached hydrogens (tertiary/aromatic N) is 5. The molecule has 8 heteroatoms. The van der Waals surface area contributed by atoms with E-state index >= 15 is 0 Å². The molecule has 4 rings (SSSR count). The van der Waals surface area contributed by atoms with E-state index in [0.29, 0.717) is 35.7 Å². The number of amides is 1. The van der Waals surface area contributed by atoms with Gasteiger partial charge in [-0.3, -0.25) is 4.79 Å². The van der Waals surface area contributed by atoms with Crippen LogP contribution in [0.4, 0.5) is 5.82 Å². The van der Waals surface area contributed by atoms with Gasteiger partial charge in [-0.2, -0.15) is 10.4 Å². The summed E-state index contributed by atoms with van der Waals surface area (Å²) in [6, 6.07) is 17.1. The number of hydrogen-bond acceptors (Lipinski definition) is 6. The van der Waals surface area contributed by atoms with Crippen molar-refractivity contribution >= 4 is 17.4 Å². The van der Waals surface area contributed by atoms with Gasteiger partial charge in [-0.05, 0) is 18.2 Å². The molecule has 3 heterocycles. The summed E-state index contributed by atoms with van der Waals surface area (Å²) in [5, 5.41) is 19.3. The zero-order chi connectivity index (χ0) is 20.1. The Hall–Kier alpha value is -4.25. The minimum Gasteiger partial charge on any atom is -0.367 e. The van der Waals surface area contributed by atoms with Crippen molar-refractivity contribution in [2.75, 3.05) is 18.4 Å². The summed E-state index contributed by atoms with van der Waals surface area (Å²) >= 11 is 0. The summed E-state index contributed by atoms with van der Waals surface area (Å²) in [6.45, 7) is 0.787. The molecule has 8 nitrogen and oxygen atoms in total. The predicted molar refractivity (Wildman–Crippen MR) is 108 cm³/mol. The number of anilines is 1. The lowest BCUT2D eigenvalue weighted by molar-refractivity contribution is 0.0956. The number of carbonyl (C=O) groups excluding carboxylic acids is 1. The maximum atomic E-state index is 12.6. The van der Waals surface area contributed by atoms with Crippen LogP contribution >= 0.6 is 0 Å². The number of nitriles is 1. The average Bonchev–Trinajstić information content (AvgIpc) is 3.22. The highest BCUT2D eigenvalue weighted by Crippen LogP contribution is 2.20. The van der Waals surface area contributed by atoms with Crippen LogP contribution < -0.4 is 10.6 Å². The van der Waals surface area contributed by atoms with Gasteiger partial charge >= 0.3 is 0 Å². The van der Waals surface area contributed by atoms with Crippen LogP contribution in [0.1, 0.15) is 15.9 Å². The number of benzene rings is 1. The number of hydrogen-bond donors (Lipinski definition) is 2. The minimum atomic E-state index is -0.263. The fraction of sp³-hybridized carbons (Fsp3) is 0.0952. The summed E-state index contributed by atoms with van der Waals surface area (Å²) in [5.41, 5.74) is 3.20. The van der Waals surface area contributed by atoms with Crippen LogP contribution in [0.2, 0.25) is 0 Å². The highest BCUT2D eigenvalue weighted by molar-refractivity contribution is 5.99. The molecule has 2 N–H and O–H groups in total. The van der Waals surface area contributed by atoms with Crippen molar-refractivity contribution in [1.29, 1.82) is 5.26 Å². The number of pyridine rings is 1. The monoisotopic (exact) mass is 383 g/mol. The van der Waals surface area contributed by atoms with Crippen molar-refractivity contribution in [3.8, 4) is 17.3 Å². The van der Waals surface area contributed by atoms with Gasteiger partial charge in [0.1, 0.15) is 17.5 Å². The van der Waals surface area contributed by atoms with Gasteiger partial charge in [-0.25, -0.2) is 14.5 Å². The third-order valence-electron chi connectivity index (χ3n) is 4.35. The molecular formula is C21H17N7O. The topological polar surface area (TPSA) is 108 Å². The highest BCUT2D eigenvalue weighted by atomic mass is 16.1. The van der Waals surface area contributed by atoms with Gasteiger partial charge in [0.25, 0.3) is 5.91 Å². The maximum absolute atomic E-state index is 12.6. The van der Waals surface area contributed by atoms with Crippen molar-refractivity contribution in [2.45, 2.75) is 0 Å². The van der Waals surface area contributed by atoms with Crippen molar-refractivity contribution in [3.05, 3.63) is 78.2 Å². The molecular weight excluding hydrogens is 366 g/mol. The van der Waals surface area contributed by atoms with Crippen LogP contribution in [0.25, 0.3) is 16.9 Å². The van der Waals surface area contributed by atoms with Gasteiger partial charge in [0.2, 0.25) is 0 Å². The Balaban J connectivity index is 1.45. The first-order chi connectivity index (χ1) is 14.3. The summed E-state index contributed by atoms with van der Waals surface area (Å²) in [6.07, 6.45) is 4.79. The second-order valence-electron chi connectivity index (χ2n) is 6.18. The highest BCUT2D eigenvalue weighted by Gasteiger charge is 2.15. The van der Waals surface area contributed by atoms with Gasteiger partial charge < -0.3 is 10.6 Å². The molecule has 0 fully saturated rings. The van der Waals surface area contributed by atoms with Gasteiger partial charge in [0.05, 0.1) is 17.5 Å². The van der Waals surface area contributed by atoms with Gasteiger partial charge in [0, 0.05) is 31.0 Å². The maximum Gasteiger partial charge on any atom is 0.256 e. The molecule has 0 atom stereocenters. The lowest BCUT2D eigenvalue weighted by Crippen LogP contribution is -2.29. The number of carbonyl (C=O) groups is 1. The molecule has 0 saturated heterocycles. The van der Waals surface area contributed by atoms with E-state index in [-0.39, 0.29) is 5.91 Å². The molecule has 0 aliphatic carbocycles. The van der Waals surface area contributed by atoms with Crippen LogP contribution in [0.3, 0.4) is 0 Å². The summed E-state index contributed by atoms with van der Waals surface area (Å²) in [5.74, 6) is 0.232. The molecule has 3 aromatic heterocycles. The predicted octanol–water partition coefficient (Wildman–Crippen LogP) is 2.50. The van der Waals surface area contributed by atoms with Crippen molar-refractivity contribution < 1.29 is 4.79 Å². The summed E-state index contributed by atoms with van der Waals surface area (Å²) in [4.78, 5) is 21.1. The Labute approximate surface area is 166 Å². The molecule has 1 aromatic carbocycles. The fourth-order valence-corrected chi connectivity index (χ4v) is 2.97. The number of fused-ring (bicyclic) bond motifs is 1. The minimum absolute atomic E-state index is 0.263. The fourth-order valence-electron chi connectivity index (χ4n) is 2.97. The molecule has 0 spiro atoms. The second-order valence-corrected chi connectivity index (χ2v) is 6.18. The Morgan fingerprint density at radius 1 is 1.03 bits per heavy atom. The Morgan fingerprint density at radius 3 is 2.72 bits per heavy atom. The molecule has 0 unspecified atom stereocenters. The van der Waals surface area contributed by atoms with E-state index in [1.807, 2.05) is 36.4 Å². The third kappa shape index (κ3) is 3.75.